The molecule has 0 spiro atoms. The Kier molecular flexibility index (Phi) is 8.03. The molecule has 0 unspecified atom stereocenters. The zero-order valence-corrected chi connectivity index (χ0v) is 22.0. The van der Waals surface area contributed by atoms with E-state index in [0.717, 1.165) is 42.9 Å². The van der Waals surface area contributed by atoms with Gasteiger partial charge >= 0.3 is 0 Å². The van der Waals surface area contributed by atoms with Crippen LogP contribution >= 0.6 is 0 Å². The van der Waals surface area contributed by atoms with Gasteiger partial charge in [-0.2, -0.15) is 4.98 Å². The second-order valence-electron chi connectivity index (χ2n) is 10.0. The maximum Gasteiger partial charge on any atom is 0.230 e. The average molecular weight is 496 g/mol. The Balaban J connectivity index is 1.46. The van der Waals surface area contributed by atoms with Crippen molar-refractivity contribution in [2.24, 2.45) is 5.92 Å². The van der Waals surface area contributed by atoms with Gasteiger partial charge in [0.25, 0.3) is 0 Å². The molecule has 2 aliphatic rings. The third-order valence-corrected chi connectivity index (χ3v) is 7.09. The largest absolute Gasteiger partial charge is 0.391 e. The number of hydrogen-bond donors (Lipinski definition) is 3. The van der Waals surface area contributed by atoms with Crippen molar-refractivity contribution in [3.05, 3.63) is 41.6 Å². The Hall–Kier alpha value is -3.27. The van der Waals surface area contributed by atoms with Gasteiger partial charge in [-0.15, -0.1) is 0 Å². The summed E-state index contributed by atoms with van der Waals surface area (Å²) < 4.78 is 14.8. The van der Waals surface area contributed by atoms with Crippen molar-refractivity contribution in [2.75, 3.05) is 62.4 Å². The van der Waals surface area contributed by atoms with Gasteiger partial charge in [-0.25, -0.2) is 14.4 Å². The van der Waals surface area contributed by atoms with E-state index in [1.165, 1.54) is 6.20 Å². The van der Waals surface area contributed by atoms with Crippen molar-refractivity contribution >= 4 is 29.0 Å². The van der Waals surface area contributed by atoms with Gasteiger partial charge in [-0.1, -0.05) is 13.8 Å². The molecule has 9 nitrogen and oxygen atoms in total. The van der Waals surface area contributed by atoms with Crippen LogP contribution in [0.4, 0.5) is 27.7 Å². The number of nitrogens with zero attached hydrogens (tertiary/aromatic N) is 6. The molecule has 0 aliphatic carbocycles. The molecule has 0 atom stereocenters. The Bertz CT molecular complexity index is 1090. The van der Waals surface area contributed by atoms with E-state index in [9.17, 15) is 4.39 Å². The Morgan fingerprint density at radius 2 is 1.86 bits per heavy atom. The van der Waals surface area contributed by atoms with Crippen molar-refractivity contribution in [2.45, 2.75) is 39.2 Å². The molecule has 0 bridgehead atoms. The highest BCUT2D eigenvalue weighted by molar-refractivity contribution is 6.00. The lowest BCUT2D eigenvalue weighted by molar-refractivity contribution is 0.249. The van der Waals surface area contributed by atoms with Crippen LogP contribution in [0, 0.1) is 17.1 Å². The monoisotopic (exact) mass is 495 g/mol. The third kappa shape index (κ3) is 5.75. The highest BCUT2D eigenvalue weighted by Crippen LogP contribution is 2.27. The molecule has 2 saturated heterocycles. The van der Waals surface area contributed by atoms with Crippen LogP contribution in [0.2, 0.25) is 0 Å². The van der Waals surface area contributed by atoms with Crippen LogP contribution in [-0.4, -0.2) is 78.9 Å². The molecular formula is C26H38FN9. The van der Waals surface area contributed by atoms with Gasteiger partial charge in [0.2, 0.25) is 5.95 Å². The zero-order chi connectivity index (χ0) is 25.8. The molecule has 2 fully saturated rings. The summed E-state index contributed by atoms with van der Waals surface area (Å²) in [5.74, 6) is 0.900. The van der Waals surface area contributed by atoms with E-state index in [1.807, 2.05) is 30.3 Å². The Labute approximate surface area is 213 Å². The van der Waals surface area contributed by atoms with E-state index >= 15 is 0 Å². The van der Waals surface area contributed by atoms with Crippen molar-refractivity contribution in [1.29, 1.82) is 5.41 Å². The predicted octanol–water partition coefficient (Wildman–Crippen LogP) is 3.64. The maximum atomic E-state index is 14.8. The molecule has 10 heteroatoms. The fraction of sp³-hybridized carbons (Fsp3) is 0.538. The first kappa shape index (κ1) is 25.8. The van der Waals surface area contributed by atoms with Crippen LogP contribution in [0.25, 0.3) is 0 Å². The number of piperidine rings is 2. The van der Waals surface area contributed by atoms with Crippen LogP contribution < -0.4 is 20.4 Å². The molecule has 4 heterocycles. The highest BCUT2D eigenvalue weighted by atomic mass is 19.1. The number of aromatic nitrogens is 3. The molecule has 2 aliphatic heterocycles. The number of anilines is 4. The van der Waals surface area contributed by atoms with Crippen molar-refractivity contribution < 1.29 is 4.39 Å². The Morgan fingerprint density at radius 1 is 1.11 bits per heavy atom. The fourth-order valence-electron chi connectivity index (χ4n) is 5.02. The number of halogens is 1. The lowest BCUT2D eigenvalue weighted by Gasteiger charge is -2.36. The smallest absolute Gasteiger partial charge is 0.230 e. The van der Waals surface area contributed by atoms with Gasteiger partial charge < -0.3 is 30.7 Å². The minimum atomic E-state index is -0.478. The lowest BCUT2D eigenvalue weighted by atomic mass is 9.95. The predicted molar refractivity (Wildman–Crippen MR) is 144 cm³/mol. The van der Waals surface area contributed by atoms with E-state index in [4.69, 9.17) is 5.41 Å². The SMILES string of the molecule is CN/C(=C1/CN(c2nc(Nc3ccc(N4CCC(N(C)C)CC4)cn3)ncc2F)CCC1=N)C(C)C. The molecule has 0 aromatic carbocycles. The molecule has 0 amide bonds. The van der Waals surface area contributed by atoms with Gasteiger partial charge in [-0.05, 0) is 45.0 Å². The number of hydrogen-bond acceptors (Lipinski definition) is 9. The van der Waals surface area contributed by atoms with Crippen LogP contribution in [0.3, 0.4) is 0 Å². The maximum absolute atomic E-state index is 14.8. The summed E-state index contributed by atoms with van der Waals surface area (Å²) in [4.78, 5) is 19.7. The molecule has 3 N–H and O–H groups in total. The highest BCUT2D eigenvalue weighted by Gasteiger charge is 2.26. The summed E-state index contributed by atoms with van der Waals surface area (Å²) in [6, 6.07) is 4.59. The van der Waals surface area contributed by atoms with Crippen LogP contribution in [-0.2, 0) is 0 Å². The van der Waals surface area contributed by atoms with Crippen molar-refractivity contribution in [3.63, 3.8) is 0 Å². The zero-order valence-electron chi connectivity index (χ0n) is 22.0. The van der Waals surface area contributed by atoms with E-state index in [2.05, 4.69) is 63.3 Å². The lowest BCUT2D eigenvalue weighted by Crippen LogP contribution is -2.42. The summed E-state index contributed by atoms with van der Waals surface area (Å²) in [6.45, 7) is 7.15. The number of allylic oxidation sites excluding steroid dienone is 1. The molecule has 2 aromatic rings. The summed E-state index contributed by atoms with van der Waals surface area (Å²) in [5, 5.41) is 14.8. The van der Waals surface area contributed by atoms with Gasteiger partial charge in [0.1, 0.15) is 5.82 Å². The average Bonchev–Trinajstić information content (AvgIpc) is 2.87. The second kappa shape index (κ2) is 11.2. The van der Waals surface area contributed by atoms with E-state index < -0.39 is 5.82 Å². The molecular weight excluding hydrogens is 457 g/mol. The molecule has 0 radical (unpaired) electrons. The Morgan fingerprint density at radius 3 is 2.47 bits per heavy atom. The summed E-state index contributed by atoms with van der Waals surface area (Å²) >= 11 is 0. The van der Waals surface area contributed by atoms with Gasteiger partial charge in [0.05, 0.1) is 18.1 Å². The second-order valence-corrected chi connectivity index (χ2v) is 10.0. The minimum Gasteiger partial charge on any atom is -0.391 e. The van der Waals surface area contributed by atoms with E-state index in [-0.39, 0.29) is 11.7 Å². The van der Waals surface area contributed by atoms with Crippen molar-refractivity contribution in [1.82, 2.24) is 25.2 Å². The topological polar surface area (TPSA) is 96.3 Å². The fourth-order valence-corrected chi connectivity index (χ4v) is 5.02. The first-order valence-corrected chi connectivity index (χ1v) is 12.7. The number of rotatable bonds is 7. The first-order valence-electron chi connectivity index (χ1n) is 12.7. The van der Waals surface area contributed by atoms with E-state index in [0.29, 0.717) is 43.0 Å². The minimum absolute atomic E-state index is 0.233. The number of pyridine rings is 1. The summed E-state index contributed by atoms with van der Waals surface area (Å²) in [7, 11) is 6.15. The quantitative estimate of drug-likeness (QED) is 0.536. The molecule has 36 heavy (non-hydrogen) atoms. The summed E-state index contributed by atoms with van der Waals surface area (Å²) in [6.07, 6.45) is 5.87. The third-order valence-electron chi connectivity index (χ3n) is 7.09. The van der Waals surface area contributed by atoms with Gasteiger partial charge in [0.15, 0.2) is 11.6 Å². The van der Waals surface area contributed by atoms with Gasteiger partial charge in [-0.3, -0.25) is 0 Å². The molecule has 4 rings (SSSR count). The molecule has 194 valence electrons. The standard InChI is InChI=1S/C26H38FN9/c1-17(2)24(29-3)20-16-36(13-10-22(20)28)25-21(27)15-31-26(33-25)32-23-7-6-19(14-30-23)35-11-8-18(9-12-35)34(4)5/h6-7,14-15,17-18,28-29H,8-13,16H2,1-5H3,(H,30,31,32,33)/b24-20-,28-22?. The van der Waals surface area contributed by atoms with Crippen LogP contribution in [0.5, 0.6) is 0 Å². The van der Waals surface area contributed by atoms with Crippen LogP contribution in [0.1, 0.15) is 33.1 Å². The molecule has 2 aromatic heterocycles. The van der Waals surface area contributed by atoms with E-state index in [1.54, 1.807) is 0 Å². The van der Waals surface area contributed by atoms with Crippen LogP contribution in [0.15, 0.2) is 35.8 Å². The van der Waals surface area contributed by atoms with Crippen molar-refractivity contribution in [3.8, 4) is 0 Å². The number of nitrogens with one attached hydrogen (secondary N) is 3. The normalized spacial score (nSPS) is 18.7. The first-order chi connectivity index (χ1) is 17.3. The summed E-state index contributed by atoms with van der Waals surface area (Å²) in [5.41, 5.74) is 3.59. The van der Waals surface area contributed by atoms with Gasteiger partial charge in [0, 0.05) is 62.7 Å². The molecule has 0 saturated carbocycles.